The molecule has 3 rings (SSSR count). The molecule has 25 heavy (non-hydrogen) atoms. The first-order chi connectivity index (χ1) is 12.1. The van der Waals surface area contributed by atoms with Gasteiger partial charge in [-0.2, -0.15) is 5.10 Å². The fourth-order valence-electron chi connectivity index (χ4n) is 2.51. The number of hydrogen-bond acceptors (Lipinski definition) is 4. The highest BCUT2D eigenvalue weighted by Crippen LogP contribution is 2.24. The molecule has 0 saturated carbocycles. The molecule has 0 bridgehead atoms. The van der Waals surface area contributed by atoms with Crippen molar-refractivity contribution >= 4 is 5.91 Å². The summed E-state index contributed by atoms with van der Waals surface area (Å²) in [6.07, 6.45) is 0. The van der Waals surface area contributed by atoms with Crippen molar-refractivity contribution in [2.24, 2.45) is 0 Å². The summed E-state index contributed by atoms with van der Waals surface area (Å²) in [5, 5.41) is 9.74. The van der Waals surface area contributed by atoms with E-state index in [4.69, 9.17) is 4.74 Å². The smallest absolute Gasteiger partial charge is 0.251 e. The van der Waals surface area contributed by atoms with Crippen LogP contribution in [0.15, 0.2) is 48.5 Å². The highest BCUT2D eigenvalue weighted by molar-refractivity contribution is 5.94. The van der Waals surface area contributed by atoms with Crippen molar-refractivity contribution in [2.75, 3.05) is 7.11 Å². The highest BCUT2D eigenvalue weighted by Gasteiger charge is 2.15. The van der Waals surface area contributed by atoms with Gasteiger partial charge < -0.3 is 10.1 Å². The molecule has 0 fully saturated rings. The first-order valence-corrected chi connectivity index (χ1v) is 8.01. The Morgan fingerprint density at radius 1 is 1.16 bits per heavy atom. The molecule has 0 aliphatic heterocycles. The van der Waals surface area contributed by atoms with Crippen LogP contribution in [-0.2, 0) is 0 Å². The lowest BCUT2D eigenvalue weighted by atomic mass is 10.0. The molecule has 0 unspecified atom stereocenters. The SMILES string of the molecule is COc1cccc(-c2ccc(C(=O)N[C@@H](C)c3n[nH]c(C)n3)cc2)c1. The molecular weight excluding hydrogens is 316 g/mol. The number of rotatable bonds is 5. The van der Waals surface area contributed by atoms with Gasteiger partial charge >= 0.3 is 0 Å². The maximum Gasteiger partial charge on any atom is 0.251 e. The number of nitrogens with zero attached hydrogens (tertiary/aromatic N) is 2. The van der Waals surface area contributed by atoms with E-state index in [1.807, 2.05) is 50.2 Å². The van der Waals surface area contributed by atoms with E-state index in [-0.39, 0.29) is 11.9 Å². The summed E-state index contributed by atoms with van der Waals surface area (Å²) in [4.78, 5) is 16.6. The zero-order valence-electron chi connectivity index (χ0n) is 14.4. The molecule has 6 nitrogen and oxygen atoms in total. The fraction of sp³-hybridized carbons (Fsp3) is 0.211. The van der Waals surface area contributed by atoms with E-state index < -0.39 is 0 Å². The first-order valence-electron chi connectivity index (χ1n) is 8.01. The zero-order chi connectivity index (χ0) is 17.8. The number of methoxy groups -OCH3 is 1. The number of aromatic nitrogens is 3. The number of benzene rings is 2. The van der Waals surface area contributed by atoms with E-state index in [9.17, 15) is 4.79 Å². The summed E-state index contributed by atoms with van der Waals surface area (Å²) in [6, 6.07) is 15.0. The third kappa shape index (κ3) is 3.85. The van der Waals surface area contributed by atoms with Crippen molar-refractivity contribution in [3.8, 4) is 16.9 Å². The van der Waals surface area contributed by atoms with Crippen molar-refractivity contribution in [3.63, 3.8) is 0 Å². The predicted octanol–water partition coefficient (Wildman–Crippen LogP) is 3.28. The topological polar surface area (TPSA) is 79.9 Å². The predicted molar refractivity (Wildman–Crippen MR) is 95.4 cm³/mol. The number of ether oxygens (including phenoxy) is 1. The van der Waals surface area contributed by atoms with Crippen LogP contribution in [0.4, 0.5) is 0 Å². The summed E-state index contributed by atoms with van der Waals surface area (Å²) < 4.78 is 5.25. The third-order valence-electron chi connectivity index (χ3n) is 3.90. The second-order valence-corrected chi connectivity index (χ2v) is 5.78. The number of hydrogen-bond donors (Lipinski definition) is 2. The molecule has 0 aliphatic rings. The van der Waals surface area contributed by atoms with E-state index in [1.54, 1.807) is 19.2 Å². The molecule has 1 amide bonds. The van der Waals surface area contributed by atoms with Crippen LogP contribution in [0.25, 0.3) is 11.1 Å². The largest absolute Gasteiger partial charge is 0.497 e. The minimum Gasteiger partial charge on any atom is -0.497 e. The quantitative estimate of drug-likeness (QED) is 0.749. The number of aromatic amines is 1. The molecule has 0 radical (unpaired) electrons. The van der Waals surface area contributed by atoms with Gasteiger partial charge in [-0.1, -0.05) is 24.3 Å². The second-order valence-electron chi connectivity index (χ2n) is 5.78. The zero-order valence-corrected chi connectivity index (χ0v) is 14.4. The molecule has 0 aliphatic carbocycles. The van der Waals surface area contributed by atoms with Gasteiger partial charge in [0.1, 0.15) is 11.6 Å². The minimum absolute atomic E-state index is 0.160. The van der Waals surface area contributed by atoms with Crippen molar-refractivity contribution in [2.45, 2.75) is 19.9 Å². The molecule has 128 valence electrons. The maximum absolute atomic E-state index is 12.4. The average molecular weight is 336 g/mol. The van der Waals surface area contributed by atoms with E-state index in [0.717, 1.165) is 22.7 Å². The Morgan fingerprint density at radius 3 is 2.56 bits per heavy atom. The van der Waals surface area contributed by atoms with E-state index >= 15 is 0 Å². The Morgan fingerprint density at radius 2 is 1.92 bits per heavy atom. The van der Waals surface area contributed by atoms with Crippen LogP contribution in [0.5, 0.6) is 5.75 Å². The molecule has 1 aromatic heterocycles. The van der Waals surface area contributed by atoms with Gasteiger partial charge in [-0.3, -0.25) is 9.89 Å². The molecule has 1 heterocycles. The molecule has 0 spiro atoms. The normalized spacial score (nSPS) is 11.8. The Balaban J connectivity index is 1.72. The van der Waals surface area contributed by atoms with E-state index in [1.165, 1.54) is 0 Å². The van der Waals surface area contributed by atoms with Crippen molar-refractivity contribution in [1.82, 2.24) is 20.5 Å². The number of H-pyrrole nitrogens is 1. The maximum atomic E-state index is 12.4. The molecule has 6 heteroatoms. The average Bonchev–Trinajstić information content (AvgIpc) is 3.08. The Bertz CT molecular complexity index is 871. The standard InChI is InChI=1S/C19H20N4O2/c1-12(18-21-13(2)22-23-18)20-19(24)15-9-7-14(8-10-15)16-5-4-6-17(11-16)25-3/h4-12H,1-3H3,(H,20,24)(H,21,22,23)/t12-/m0/s1. The van der Waals surface area contributed by atoms with Gasteiger partial charge in [0, 0.05) is 5.56 Å². The Labute approximate surface area is 146 Å². The number of nitrogens with one attached hydrogen (secondary N) is 2. The number of carbonyl (C=O) groups excluding carboxylic acids is 1. The monoisotopic (exact) mass is 336 g/mol. The van der Waals surface area contributed by atoms with Gasteiger partial charge in [0.05, 0.1) is 13.2 Å². The Kier molecular flexibility index (Phi) is 4.79. The van der Waals surface area contributed by atoms with E-state index in [2.05, 4.69) is 20.5 Å². The van der Waals surface area contributed by atoms with Crippen LogP contribution in [-0.4, -0.2) is 28.2 Å². The highest BCUT2D eigenvalue weighted by atomic mass is 16.5. The number of carbonyl (C=O) groups is 1. The van der Waals surface area contributed by atoms with Crippen LogP contribution < -0.4 is 10.1 Å². The molecule has 0 saturated heterocycles. The molecule has 1 atom stereocenters. The third-order valence-corrected chi connectivity index (χ3v) is 3.90. The second kappa shape index (κ2) is 7.17. The summed E-state index contributed by atoms with van der Waals surface area (Å²) in [5.41, 5.74) is 2.65. The molecule has 2 aromatic carbocycles. The van der Waals surface area contributed by atoms with Crippen LogP contribution in [0.1, 0.15) is 35.0 Å². The summed E-state index contributed by atoms with van der Waals surface area (Å²) >= 11 is 0. The number of amides is 1. The van der Waals surface area contributed by atoms with Crippen LogP contribution in [0.3, 0.4) is 0 Å². The first kappa shape index (κ1) is 16.7. The molecule has 2 N–H and O–H groups in total. The number of aryl methyl sites for hydroxylation is 1. The van der Waals surface area contributed by atoms with Gasteiger partial charge in [-0.25, -0.2) is 4.98 Å². The molecular formula is C19H20N4O2. The minimum atomic E-state index is -0.268. The van der Waals surface area contributed by atoms with Crippen molar-refractivity contribution < 1.29 is 9.53 Å². The van der Waals surface area contributed by atoms with Gasteiger partial charge in [-0.15, -0.1) is 0 Å². The fourth-order valence-corrected chi connectivity index (χ4v) is 2.51. The lowest BCUT2D eigenvalue weighted by molar-refractivity contribution is 0.0938. The van der Waals surface area contributed by atoms with Crippen LogP contribution in [0.2, 0.25) is 0 Å². The van der Waals surface area contributed by atoms with Gasteiger partial charge in [0.25, 0.3) is 5.91 Å². The summed E-state index contributed by atoms with van der Waals surface area (Å²) in [7, 11) is 1.64. The van der Waals surface area contributed by atoms with Crippen molar-refractivity contribution in [1.29, 1.82) is 0 Å². The van der Waals surface area contributed by atoms with Crippen LogP contribution in [0, 0.1) is 6.92 Å². The lowest BCUT2D eigenvalue weighted by Gasteiger charge is -2.11. The van der Waals surface area contributed by atoms with Gasteiger partial charge in [0.15, 0.2) is 5.82 Å². The van der Waals surface area contributed by atoms with Crippen LogP contribution >= 0.6 is 0 Å². The van der Waals surface area contributed by atoms with E-state index in [0.29, 0.717) is 11.4 Å². The molecule has 3 aromatic rings. The van der Waals surface area contributed by atoms with Gasteiger partial charge in [-0.05, 0) is 49.2 Å². The summed E-state index contributed by atoms with van der Waals surface area (Å²) in [5.74, 6) is 1.93. The lowest BCUT2D eigenvalue weighted by Crippen LogP contribution is -2.27. The van der Waals surface area contributed by atoms with Gasteiger partial charge in [0.2, 0.25) is 0 Å². The Hall–Kier alpha value is -3.15. The summed E-state index contributed by atoms with van der Waals surface area (Å²) in [6.45, 7) is 3.67. The van der Waals surface area contributed by atoms with Crippen molar-refractivity contribution in [3.05, 3.63) is 65.7 Å².